The number of nitrogens with one attached hydrogen (secondary N) is 1. The Morgan fingerprint density at radius 2 is 1.85 bits per heavy atom. The number of carbonyl (C=O) groups excluding carboxylic acids is 1. The van der Waals surface area contributed by atoms with Gasteiger partial charge in [-0.25, -0.2) is 9.37 Å². The molecule has 1 aliphatic heterocycles. The first-order valence-electron chi connectivity index (χ1n) is 10.6. The number of nitrogens with zero attached hydrogens (tertiary/aromatic N) is 1. The van der Waals surface area contributed by atoms with Crippen molar-refractivity contribution in [1.82, 2.24) is 4.98 Å². The molecule has 1 aliphatic rings. The third-order valence-electron chi connectivity index (χ3n) is 4.94. The second-order valence-corrected chi connectivity index (χ2v) is 8.19. The topological polar surface area (TPSA) is 119 Å². The minimum Gasteiger partial charge on any atom is -0.475 e. The van der Waals surface area contributed by atoms with E-state index >= 15 is 0 Å². The first-order valence-corrected chi connectivity index (χ1v) is 11.0. The Balaban J connectivity index is 1.69. The van der Waals surface area contributed by atoms with E-state index in [9.17, 15) is 36.2 Å². The van der Waals surface area contributed by atoms with E-state index in [1.54, 1.807) is 0 Å². The summed E-state index contributed by atoms with van der Waals surface area (Å²) in [6.45, 7) is -0.916. The van der Waals surface area contributed by atoms with Gasteiger partial charge in [-0.3, -0.25) is 4.79 Å². The SMILES string of the molecule is O=C(Nc1ccnc(OC[C@H](O)CO)c1)c1cc(Cl)c(C(F)(F)F)cc1Oc1ccc(F)c2c1OC(F)(F)O2. The number of pyridine rings is 1. The van der Waals surface area contributed by atoms with E-state index in [4.69, 9.17) is 26.2 Å². The summed E-state index contributed by atoms with van der Waals surface area (Å²) < 4.78 is 101. The van der Waals surface area contributed by atoms with E-state index in [-0.39, 0.29) is 18.2 Å². The molecule has 39 heavy (non-hydrogen) atoms. The molecule has 3 aromatic rings. The fraction of sp³-hybridized carbons (Fsp3) is 0.217. The van der Waals surface area contributed by atoms with Crippen molar-refractivity contribution in [1.29, 1.82) is 0 Å². The molecular weight excluding hydrogens is 566 g/mol. The molecule has 2 heterocycles. The number of aromatic nitrogens is 1. The maximum atomic E-state index is 14.0. The zero-order valence-electron chi connectivity index (χ0n) is 19.1. The average molecular weight is 581 g/mol. The van der Waals surface area contributed by atoms with Crippen LogP contribution in [0.4, 0.5) is 32.0 Å². The number of ether oxygens (including phenoxy) is 4. The van der Waals surface area contributed by atoms with Crippen LogP contribution in [0.1, 0.15) is 15.9 Å². The van der Waals surface area contributed by atoms with Crippen LogP contribution in [-0.2, 0) is 6.18 Å². The molecule has 1 atom stereocenters. The summed E-state index contributed by atoms with van der Waals surface area (Å²) in [4.78, 5) is 16.9. The quantitative estimate of drug-likeness (QED) is 0.319. The van der Waals surface area contributed by atoms with Gasteiger partial charge in [-0.2, -0.15) is 13.2 Å². The van der Waals surface area contributed by atoms with Crippen LogP contribution in [-0.4, -0.2) is 46.7 Å². The van der Waals surface area contributed by atoms with Crippen LogP contribution in [0, 0.1) is 5.82 Å². The predicted octanol–water partition coefficient (Wildman–Crippen LogP) is 4.99. The van der Waals surface area contributed by atoms with Gasteiger partial charge >= 0.3 is 12.5 Å². The molecule has 0 saturated heterocycles. The largest absolute Gasteiger partial charge is 0.586 e. The molecule has 9 nitrogen and oxygen atoms in total. The summed E-state index contributed by atoms with van der Waals surface area (Å²) in [7, 11) is 0. The zero-order chi connectivity index (χ0) is 28.5. The van der Waals surface area contributed by atoms with E-state index in [0.717, 1.165) is 6.07 Å². The van der Waals surface area contributed by atoms with Gasteiger partial charge in [-0.05, 0) is 30.3 Å². The molecule has 0 radical (unpaired) electrons. The number of fused-ring (bicyclic) bond motifs is 1. The van der Waals surface area contributed by atoms with Gasteiger partial charge in [0.15, 0.2) is 11.6 Å². The molecule has 16 heteroatoms. The smallest absolute Gasteiger partial charge is 0.475 e. The Morgan fingerprint density at radius 3 is 2.54 bits per heavy atom. The highest BCUT2D eigenvalue weighted by molar-refractivity contribution is 6.32. The molecule has 0 bridgehead atoms. The Morgan fingerprint density at radius 1 is 1.13 bits per heavy atom. The van der Waals surface area contributed by atoms with Crippen molar-refractivity contribution in [3.63, 3.8) is 0 Å². The van der Waals surface area contributed by atoms with Crippen LogP contribution < -0.4 is 24.3 Å². The lowest BCUT2D eigenvalue weighted by Crippen LogP contribution is -2.26. The number of anilines is 1. The van der Waals surface area contributed by atoms with Crippen molar-refractivity contribution in [2.24, 2.45) is 0 Å². The van der Waals surface area contributed by atoms with Gasteiger partial charge in [0.2, 0.25) is 17.4 Å². The van der Waals surface area contributed by atoms with Crippen LogP contribution in [0.2, 0.25) is 5.02 Å². The summed E-state index contributed by atoms with van der Waals surface area (Å²) in [5.41, 5.74) is -1.96. The van der Waals surface area contributed by atoms with Gasteiger partial charge in [0, 0.05) is 18.0 Å². The number of amides is 1. The van der Waals surface area contributed by atoms with E-state index in [1.165, 1.54) is 18.3 Å². The molecule has 1 aromatic heterocycles. The first-order chi connectivity index (χ1) is 18.3. The Labute approximate surface area is 219 Å². The molecule has 208 valence electrons. The number of hydrogen-bond acceptors (Lipinski definition) is 8. The lowest BCUT2D eigenvalue weighted by atomic mass is 10.1. The third kappa shape index (κ3) is 6.38. The van der Waals surface area contributed by atoms with E-state index in [2.05, 4.69) is 19.8 Å². The number of hydrogen-bond donors (Lipinski definition) is 3. The molecule has 4 rings (SSSR count). The lowest BCUT2D eigenvalue weighted by molar-refractivity contribution is -0.287. The molecule has 0 spiro atoms. The number of aliphatic hydroxyl groups is 2. The molecule has 0 aliphatic carbocycles. The highest BCUT2D eigenvalue weighted by Crippen LogP contribution is 2.50. The van der Waals surface area contributed by atoms with Crippen molar-refractivity contribution in [2.75, 3.05) is 18.5 Å². The van der Waals surface area contributed by atoms with E-state index < -0.39 is 76.1 Å². The van der Waals surface area contributed by atoms with Crippen molar-refractivity contribution in [2.45, 2.75) is 18.6 Å². The highest BCUT2D eigenvalue weighted by atomic mass is 35.5. The first kappa shape index (κ1) is 28.1. The number of alkyl halides is 5. The molecule has 3 N–H and O–H groups in total. The standard InChI is InChI=1S/C23H15ClF6N2O7/c24-14-6-12(21(35)32-10-3-4-31-18(5-10)36-9-11(34)8-33)17(7-13(14)22(26,27)28)37-16-2-1-15(25)19-20(16)39-23(29,30)38-19/h1-7,11,33-34H,8-9H2,(H,31,32,35)/t11-/m1/s1. The zero-order valence-corrected chi connectivity index (χ0v) is 19.8. The summed E-state index contributed by atoms with van der Waals surface area (Å²) in [6.07, 6.45) is -9.29. The molecular formula is C23H15ClF6N2O7. The maximum Gasteiger partial charge on any atom is 0.586 e. The van der Waals surface area contributed by atoms with Crippen LogP contribution >= 0.6 is 11.6 Å². The van der Waals surface area contributed by atoms with Gasteiger partial charge < -0.3 is 34.5 Å². The summed E-state index contributed by atoms with van der Waals surface area (Å²) in [5.74, 6) is -5.89. The molecule has 0 fully saturated rings. The average Bonchev–Trinajstić information content (AvgIpc) is 3.20. The number of carbonyl (C=O) groups is 1. The van der Waals surface area contributed by atoms with Crippen molar-refractivity contribution in [3.05, 3.63) is 64.6 Å². The van der Waals surface area contributed by atoms with Crippen LogP contribution in [0.25, 0.3) is 0 Å². The monoisotopic (exact) mass is 580 g/mol. The normalized spacial score (nSPS) is 14.6. The van der Waals surface area contributed by atoms with Gasteiger partial charge in [0.05, 0.1) is 22.8 Å². The van der Waals surface area contributed by atoms with Crippen LogP contribution in [0.3, 0.4) is 0 Å². The number of aliphatic hydroxyl groups excluding tert-OH is 2. The van der Waals surface area contributed by atoms with Crippen LogP contribution in [0.5, 0.6) is 28.9 Å². The Bertz CT molecular complexity index is 1410. The summed E-state index contributed by atoms with van der Waals surface area (Å²) >= 11 is 5.77. The van der Waals surface area contributed by atoms with Gasteiger partial charge in [-0.1, -0.05) is 11.6 Å². The molecule has 0 saturated carbocycles. The minimum atomic E-state index is -5.00. The van der Waals surface area contributed by atoms with Gasteiger partial charge in [0.25, 0.3) is 5.91 Å². The molecule has 1 amide bonds. The van der Waals surface area contributed by atoms with Crippen molar-refractivity contribution >= 4 is 23.2 Å². The van der Waals surface area contributed by atoms with Crippen LogP contribution in [0.15, 0.2) is 42.6 Å². The number of benzene rings is 2. The van der Waals surface area contributed by atoms with Gasteiger partial charge in [0.1, 0.15) is 18.5 Å². The Kier molecular flexibility index (Phi) is 7.68. The van der Waals surface area contributed by atoms with Crippen molar-refractivity contribution in [3.8, 4) is 28.9 Å². The summed E-state index contributed by atoms with van der Waals surface area (Å²) in [5, 5.41) is 19.7. The number of rotatable bonds is 8. The van der Waals surface area contributed by atoms with Gasteiger partial charge in [-0.15, -0.1) is 8.78 Å². The summed E-state index contributed by atoms with van der Waals surface area (Å²) in [6, 6.07) is 4.93. The Hall–Kier alpha value is -3.95. The second kappa shape index (κ2) is 10.7. The van der Waals surface area contributed by atoms with E-state index in [0.29, 0.717) is 18.2 Å². The molecule has 0 unspecified atom stereocenters. The minimum absolute atomic E-state index is 0.0320. The lowest BCUT2D eigenvalue weighted by Gasteiger charge is -2.17. The van der Waals surface area contributed by atoms with E-state index in [1.807, 2.05) is 0 Å². The fourth-order valence-electron chi connectivity index (χ4n) is 3.20. The maximum absolute atomic E-state index is 14.0. The highest BCUT2D eigenvalue weighted by Gasteiger charge is 2.47. The number of halogens is 7. The fourth-order valence-corrected chi connectivity index (χ4v) is 3.47. The second-order valence-electron chi connectivity index (χ2n) is 7.78. The third-order valence-corrected chi connectivity index (χ3v) is 5.25. The van der Waals surface area contributed by atoms with Crippen molar-refractivity contribution < 1.29 is 60.3 Å². The predicted molar refractivity (Wildman–Crippen MR) is 120 cm³/mol. The molecule has 2 aromatic carbocycles.